The maximum Gasteiger partial charge on any atom is 0.378 e. The van der Waals surface area contributed by atoms with Crippen LogP contribution in [-0.4, -0.2) is 43.0 Å². The van der Waals surface area contributed by atoms with Crippen molar-refractivity contribution >= 4 is 17.6 Å². The molecule has 2 atom stereocenters. The summed E-state index contributed by atoms with van der Waals surface area (Å²) < 4.78 is 18.5. The minimum Gasteiger partial charge on any atom is -0.476 e. The van der Waals surface area contributed by atoms with Crippen molar-refractivity contribution in [2.75, 3.05) is 18.9 Å². The molecule has 0 heterocycles. The van der Waals surface area contributed by atoms with Crippen molar-refractivity contribution in [2.45, 2.75) is 44.6 Å². The van der Waals surface area contributed by atoms with Gasteiger partial charge in [-0.2, -0.15) is 4.39 Å². The average Bonchev–Trinajstić information content (AvgIpc) is 2.92. The number of nitrogens with one attached hydrogen (secondary N) is 3. The molecule has 196 valence electrons. The van der Waals surface area contributed by atoms with Crippen LogP contribution >= 0.6 is 0 Å². The van der Waals surface area contributed by atoms with Crippen LogP contribution in [0.2, 0.25) is 0 Å². The number of hydrogen-bond acceptors (Lipinski definition) is 5. The molecule has 3 aromatic rings. The lowest BCUT2D eigenvalue weighted by Gasteiger charge is -2.20. The highest BCUT2D eigenvalue weighted by molar-refractivity contribution is 5.82. The molecule has 3 rings (SSSR count). The SMILES string of the molecule is CNc1cc(C[C@H](NCc2ccccc2)C(=O)NCCCCc2ccccc2)ccc1OC(F)C(=O)O. The minimum atomic E-state index is -2.47. The average molecular weight is 508 g/mol. The molecule has 0 saturated heterocycles. The summed E-state index contributed by atoms with van der Waals surface area (Å²) in [5, 5.41) is 18.1. The number of aryl methyl sites for hydroxylation is 1. The largest absolute Gasteiger partial charge is 0.476 e. The van der Waals surface area contributed by atoms with E-state index in [2.05, 4.69) is 28.1 Å². The summed E-state index contributed by atoms with van der Waals surface area (Å²) in [6.45, 7) is 1.10. The second-order valence-corrected chi connectivity index (χ2v) is 8.71. The molecule has 7 nitrogen and oxygen atoms in total. The number of anilines is 1. The van der Waals surface area contributed by atoms with Gasteiger partial charge in [-0.3, -0.25) is 4.79 Å². The van der Waals surface area contributed by atoms with Gasteiger partial charge in [-0.05, 0) is 54.5 Å². The van der Waals surface area contributed by atoms with E-state index < -0.39 is 18.4 Å². The van der Waals surface area contributed by atoms with Gasteiger partial charge in [0, 0.05) is 20.1 Å². The molecule has 0 aliphatic heterocycles. The van der Waals surface area contributed by atoms with Crippen LogP contribution in [0.5, 0.6) is 5.75 Å². The van der Waals surface area contributed by atoms with E-state index >= 15 is 0 Å². The molecular formula is C29H34FN3O4. The Labute approximate surface area is 217 Å². The lowest BCUT2D eigenvalue weighted by molar-refractivity contribution is -0.153. The molecule has 1 amide bonds. The van der Waals surface area contributed by atoms with Crippen LogP contribution in [0, 0.1) is 0 Å². The first kappa shape index (κ1) is 27.7. The quantitative estimate of drug-likeness (QED) is 0.229. The fourth-order valence-corrected chi connectivity index (χ4v) is 3.93. The van der Waals surface area contributed by atoms with Crippen molar-refractivity contribution < 1.29 is 23.8 Å². The van der Waals surface area contributed by atoms with Crippen LogP contribution in [0.3, 0.4) is 0 Å². The molecule has 0 aromatic heterocycles. The minimum absolute atomic E-state index is 0.0813. The molecule has 0 aliphatic carbocycles. The van der Waals surface area contributed by atoms with Crippen molar-refractivity contribution in [3.8, 4) is 5.75 Å². The van der Waals surface area contributed by atoms with Gasteiger partial charge in [0.2, 0.25) is 5.91 Å². The van der Waals surface area contributed by atoms with Gasteiger partial charge in [-0.15, -0.1) is 0 Å². The van der Waals surface area contributed by atoms with E-state index in [0.29, 0.717) is 25.2 Å². The molecule has 1 unspecified atom stereocenters. The van der Waals surface area contributed by atoms with Gasteiger partial charge in [0.1, 0.15) is 5.75 Å². The summed E-state index contributed by atoms with van der Waals surface area (Å²) in [6, 6.07) is 24.5. The number of rotatable bonds is 15. The van der Waals surface area contributed by atoms with Crippen LogP contribution in [0.4, 0.5) is 10.1 Å². The first-order chi connectivity index (χ1) is 18.0. The van der Waals surface area contributed by atoms with Crippen molar-refractivity contribution in [3.05, 3.63) is 95.6 Å². The fraction of sp³-hybridized carbons (Fsp3) is 0.310. The van der Waals surface area contributed by atoms with Crippen LogP contribution in [0.15, 0.2) is 78.9 Å². The third-order valence-electron chi connectivity index (χ3n) is 5.92. The highest BCUT2D eigenvalue weighted by Crippen LogP contribution is 2.27. The van der Waals surface area contributed by atoms with Gasteiger partial charge >= 0.3 is 12.3 Å². The molecule has 4 N–H and O–H groups in total. The van der Waals surface area contributed by atoms with Gasteiger partial charge in [0.25, 0.3) is 0 Å². The Balaban J connectivity index is 1.62. The van der Waals surface area contributed by atoms with Crippen molar-refractivity contribution in [1.82, 2.24) is 10.6 Å². The summed E-state index contributed by atoms with van der Waals surface area (Å²) in [5.74, 6) is -1.72. The van der Waals surface area contributed by atoms with Crippen LogP contribution in [0.25, 0.3) is 0 Å². The first-order valence-corrected chi connectivity index (χ1v) is 12.4. The summed E-state index contributed by atoms with van der Waals surface area (Å²) >= 11 is 0. The van der Waals surface area contributed by atoms with Gasteiger partial charge in [-0.1, -0.05) is 66.7 Å². The van der Waals surface area contributed by atoms with E-state index in [9.17, 15) is 14.0 Å². The number of carbonyl (C=O) groups is 2. The Hall–Kier alpha value is -3.91. The first-order valence-electron chi connectivity index (χ1n) is 12.4. The second kappa shape index (κ2) is 14.6. The second-order valence-electron chi connectivity index (χ2n) is 8.71. The number of carboxylic acid groups (broad SMARTS) is 1. The van der Waals surface area contributed by atoms with Gasteiger partial charge in [0.15, 0.2) is 0 Å². The highest BCUT2D eigenvalue weighted by Gasteiger charge is 2.21. The van der Waals surface area contributed by atoms with Gasteiger partial charge < -0.3 is 25.8 Å². The summed E-state index contributed by atoms with van der Waals surface area (Å²) in [5.41, 5.74) is 3.59. The topological polar surface area (TPSA) is 99.7 Å². The predicted octanol–water partition coefficient (Wildman–Crippen LogP) is 4.33. The Kier molecular flexibility index (Phi) is 10.9. The molecule has 0 radical (unpaired) electrons. The summed E-state index contributed by atoms with van der Waals surface area (Å²) in [4.78, 5) is 23.9. The number of alkyl halides is 1. The summed E-state index contributed by atoms with van der Waals surface area (Å²) in [7, 11) is 1.63. The molecular weight excluding hydrogens is 473 g/mol. The number of aliphatic carboxylic acids is 1. The molecule has 37 heavy (non-hydrogen) atoms. The fourth-order valence-electron chi connectivity index (χ4n) is 3.93. The zero-order valence-electron chi connectivity index (χ0n) is 21.0. The molecule has 0 bridgehead atoms. The van der Waals surface area contributed by atoms with Gasteiger partial charge in [-0.25, -0.2) is 4.79 Å². The standard InChI is InChI=1S/C29H34FN3O4/c1-31-24-18-23(15-16-26(24)37-27(30)29(35)36)19-25(33-20-22-13-6-3-7-14-22)28(34)32-17-9-8-12-21-10-4-2-5-11-21/h2-7,10-11,13-16,18,25,27,31,33H,8-9,12,17,19-20H2,1H3,(H,32,34)(H,35,36)/t25-,27?/m0/s1. The number of carbonyl (C=O) groups excluding carboxylic acids is 1. The maximum absolute atomic E-state index is 13.6. The van der Waals surface area contributed by atoms with E-state index in [1.165, 1.54) is 11.6 Å². The predicted molar refractivity (Wildman–Crippen MR) is 142 cm³/mol. The number of benzene rings is 3. The third kappa shape index (κ3) is 9.24. The monoisotopic (exact) mass is 507 g/mol. The Morgan fingerprint density at radius 1 is 0.919 bits per heavy atom. The number of amides is 1. The number of hydrogen-bond donors (Lipinski definition) is 4. The third-order valence-corrected chi connectivity index (χ3v) is 5.92. The van der Waals surface area contributed by atoms with Crippen molar-refractivity contribution in [3.63, 3.8) is 0 Å². The normalized spacial score (nSPS) is 12.4. The van der Waals surface area contributed by atoms with Crippen LogP contribution < -0.4 is 20.7 Å². The number of halogens is 1. The molecule has 3 aromatic carbocycles. The van der Waals surface area contributed by atoms with Crippen LogP contribution in [-0.2, 0) is 29.0 Å². The lowest BCUT2D eigenvalue weighted by atomic mass is 10.0. The zero-order chi connectivity index (χ0) is 26.5. The summed E-state index contributed by atoms with van der Waals surface area (Å²) in [6.07, 6.45) is 0.734. The molecule has 0 saturated carbocycles. The Morgan fingerprint density at radius 2 is 1.59 bits per heavy atom. The van der Waals surface area contributed by atoms with Crippen LogP contribution in [0.1, 0.15) is 29.5 Å². The maximum atomic E-state index is 13.6. The van der Waals surface area contributed by atoms with E-state index in [4.69, 9.17) is 9.84 Å². The molecule has 8 heteroatoms. The van der Waals surface area contributed by atoms with E-state index in [0.717, 1.165) is 30.4 Å². The smallest absolute Gasteiger partial charge is 0.378 e. The van der Waals surface area contributed by atoms with Crippen molar-refractivity contribution in [1.29, 1.82) is 0 Å². The van der Waals surface area contributed by atoms with E-state index in [1.54, 1.807) is 19.2 Å². The number of unbranched alkanes of at least 4 members (excludes halogenated alkanes) is 1. The molecule has 0 aliphatic rings. The Morgan fingerprint density at radius 3 is 2.24 bits per heavy atom. The molecule has 0 fully saturated rings. The number of carboxylic acids is 1. The van der Waals surface area contributed by atoms with Gasteiger partial charge in [0.05, 0.1) is 11.7 Å². The Bertz CT molecular complexity index is 1130. The number of ether oxygens (including phenoxy) is 1. The molecule has 0 spiro atoms. The van der Waals surface area contributed by atoms with Crippen molar-refractivity contribution in [2.24, 2.45) is 0 Å². The van der Waals surface area contributed by atoms with E-state index in [-0.39, 0.29) is 11.7 Å². The van der Waals surface area contributed by atoms with E-state index in [1.807, 2.05) is 48.5 Å². The zero-order valence-corrected chi connectivity index (χ0v) is 21.0. The highest BCUT2D eigenvalue weighted by atomic mass is 19.1. The lowest BCUT2D eigenvalue weighted by Crippen LogP contribution is -2.45.